The average molecular weight is 462 g/mol. The Labute approximate surface area is 178 Å². The van der Waals surface area contributed by atoms with Crippen LogP contribution in [0, 0.1) is 6.92 Å². The number of anilines is 2. The van der Waals surface area contributed by atoms with Gasteiger partial charge in [-0.05, 0) is 61.4 Å². The van der Waals surface area contributed by atoms with Gasteiger partial charge in [0, 0.05) is 15.8 Å². The minimum absolute atomic E-state index is 0.00419. The summed E-state index contributed by atoms with van der Waals surface area (Å²) in [7, 11) is 0. The topological polar surface area (TPSA) is 96.5 Å². The molecule has 0 saturated heterocycles. The van der Waals surface area contributed by atoms with E-state index in [2.05, 4.69) is 31.9 Å². The van der Waals surface area contributed by atoms with Crippen LogP contribution in [0.15, 0.2) is 46.9 Å². The molecule has 2 aromatic rings. The van der Waals surface area contributed by atoms with Crippen LogP contribution in [0.2, 0.25) is 0 Å². The van der Waals surface area contributed by atoms with Crippen LogP contribution in [0.5, 0.6) is 0 Å². The van der Waals surface area contributed by atoms with Crippen molar-refractivity contribution in [2.45, 2.75) is 20.3 Å². The summed E-state index contributed by atoms with van der Waals surface area (Å²) in [5.74, 6) is -0.999. The zero-order valence-corrected chi connectivity index (χ0v) is 18.0. The van der Waals surface area contributed by atoms with Crippen LogP contribution in [-0.4, -0.2) is 37.5 Å². The fourth-order valence-corrected chi connectivity index (χ4v) is 2.86. The molecule has 2 amide bonds. The molecular formula is C21H24BrN3O4. The van der Waals surface area contributed by atoms with Gasteiger partial charge in [0.2, 0.25) is 11.8 Å². The fourth-order valence-electron chi connectivity index (χ4n) is 2.39. The third-order valence-corrected chi connectivity index (χ3v) is 4.41. The van der Waals surface area contributed by atoms with Crippen molar-refractivity contribution < 1.29 is 19.1 Å². The number of halogens is 1. The quantitative estimate of drug-likeness (QED) is 0.496. The number of nitrogens with one attached hydrogen (secondary N) is 3. The Morgan fingerprint density at radius 2 is 1.72 bits per heavy atom. The smallest absolute Gasteiger partial charge is 0.338 e. The van der Waals surface area contributed by atoms with Crippen molar-refractivity contribution in [2.75, 3.05) is 30.3 Å². The number of carbonyl (C=O) groups is 3. The van der Waals surface area contributed by atoms with Gasteiger partial charge in [-0.15, -0.1) is 0 Å². The third kappa shape index (κ3) is 7.57. The number of hydrogen-bond donors (Lipinski definition) is 3. The van der Waals surface area contributed by atoms with E-state index in [0.717, 1.165) is 16.5 Å². The number of amides is 2. The van der Waals surface area contributed by atoms with E-state index < -0.39 is 0 Å². The first-order valence-electron chi connectivity index (χ1n) is 9.22. The number of ether oxygens (including phenoxy) is 1. The SMILES string of the molecule is CCCOC(=O)c1ccc(NCC(=O)NCC(=O)Nc2ccc(Br)cc2C)cc1. The molecule has 0 heterocycles. The zero-order valence-electron chi connectivity index (χ0n) is 16.4. The maximum atomic E-state index is 12.0. The van der Waals surface area contributed by atoms with Crippen molar-refractivity contribution in [3.63, 3.8) is 0 Å². The first kappa shape index (κ1) is 22.4. The molecule has 8 heteroatoms. The first-order chi connectivity index (χ1) is 13.9. The van der Waals surface area contributed by atoms with Gasteiger partial charge in [0.25, 0.3) is 0 Å². The van der Waals surface area contributed by atoms with Crippen LogP contribution >= 0.6 is 15.9 Å². The highest BCUT2D eigenvalue weighted by Crippen LogP contribution is 2.19. The number of esters is 1. The van der Waals surface area contributed by atoms with E-state index in [-0.39, 0.29) is 30.9 Å². The zero-order chi connectivity index (χ0) is 21.2. The minimum atomic E-state index is -0.372. The van der Waals surface area contributed by atoms with E-state index in [1.165, 1.54) is 0 Å². The highest BCUT2D eigenvalue weighted by Gasteiger charge is 2.09. The van der Waals surface area contributed by atoms with Crippen molar-refractivity contribution in [1.82, 2.24) is 5.32 Å². The summed E-state index contributed by atoms with van der Waals surface area (Å²) in [5.41, 5.74) is 2.75. The molecule has 0 radical (unpaired) electrons. The Hall–Kier alpha value is -2.87. The largest absolute Gasteiger partial charge is 0.462 e. The Bertz CT molecular complexity index is 869. The summed E-state index contributed by atoms with van der Waals surface area (Å²) in [6, 6.07) is 12.2. The Morgan fingerprint density at radius 3 is 2.38 bits per heavy atom. The van der Waals surface area contributed by atoms with E-state index in [0.29, 0.717) is 23.5 Å². The Kier molecular flexibility index (Phi) is 8.67. The van der Waals surface area contributed by atoms with Crippen molar-refractivity contribution >= 4 is 45.1 Å². The number of benzene rings is 2. The van der Waals surface area contributed by atoms with Gasteiger partial charge in [-0.1, -0.05) is 22.9 Å². The monoisotopic (exact) mass is 461 g/mol. The van der Waals surface area contributed by atoms with E-state index >= 15 is 0 Å². The fraction of sp³-hybridized carbons (Fsp3) is 0.286. The molecule has 7 nitrogen and oxygen atoms in total. The molecule has 0 atom stereocenters. The van der Waals surface area contributed by atoms with E-state index in [1.54, 1.807) is 30.3 Å². The maximum absolute atomic E-state index is 12.0. The lowest BCUT2D eigenvalue weighted by Gasteiger charge is -2.10. The molecule has 0 aliphatic carbocycles. The molecule has 0 fully saturated rings. The molecule has 0 spiro atoms. The molecule has 3 N–H and O–H groups in total. The van der Waals surface area contributed by atoms with Gasteiger partial charge in [0.15, 0.2) is 0 Å². The molecule has 0 aromatic heterocycles. The number of hydrogen-bond acceptors (Lipinski definition) is 5. The van der Waals surface area contributed by atoms with Gasteiger partial charge < -0.3 is 20.7 Å². The maximum Gasteiger partial charge on any atom is 0.338 e. The third-order valence-electron chi connectivity index (χ3n) is 3.92. The Morgan fingerprint density at radius 1 is 1.00 bits per heavy atom. The van der Waals surface area contributed by atoms with Crippen LogP contribution in [0.1, 0.15) is 29.3 Å². The van der Waals surface area contributed by atoms with E-state index in [4.69, 9.17) is 4.74 Å². The van der Waals surface area contributed by atoms with Crippen LogP contribution in [0.25, 0.3) is 0 Å². The van der Waals surface area contributed by atoms with Crippen LogP contribution in [0.3, 0.4) is 0 Å². The van der Waals surface area contributed by atoms with Gasteiger partial charge in [-0.2, -0.15) is 0 Å². The molecular weight excluding hydrogens is 438 g/mol. The van der Waals surface area contributed by atoms with Gasteiger partial charge in [0.05, 0.1) is 25.3 Å². The van der Waals surface area contributed by atoms with Crippen molar-refractivity contribution in [2.24, 2.45) is 0 Å². The summed E-state index contributed by atoms with van der Waals surface area (Å²) < 4.78 is 5.99. The standard InChI is InChI=1S/C21H24BrN3O4/c1-3-10-29-21(28)15-4-7-17(8-5-15)23-12-19(26)24-13-20(27)25-18-9-6-16(22)11-14(18)2/h4-9,11,23H,3,10,12-13H2,1-2H3,(H,24,26)(H,25,27). The van der Waals surface area contributed by atoms with Gasteiger partial charge in [-0.3, -0.25) is 9.59 Å². The lowest BCUT2D eigenvalue weighted by Crippen LogP contribution is -2.36. The summed E-state index contributed by atoms with van der Waals surface area (Å²) in [4.78, 5) is 35.7. The summed E-state index contributed by atoms with van der Waals surface area (Å²) >= 11 is 3.37. The summed E-state index contributed by atoms with van der Waals surface area (Å²) in [6.45, 7) is 4.07. The van der Waals surface area contributed by atoms with Crippen molar-refractivity contribution in [1.29, 1.82) is 0 Å². The summed E-state index contributed by atoms with van der Waals surface area (Å²) in [5, 5.41) is 8.26. The molecule has 0 unspecified atom stereocenters. The number of carbonyl (C=O) groups excluding carboxylic acids is 3. The second-order valence-electron chi connectivity index (χ2n) is 6.35. The van der Waals surface area contributed by atoms with E-state index in [1.807, 2.05) is 26.0 Å². The average Bonchev–Trinajstić information content (AvgIpc) is 2.71. The van der Waals surface area contributed by atoms with Gasteiger partial charge in [0.1, 0.15) is 0 Å². The van der Waals surface area contributed by atoms with Crippen molar-refractivity contribution in [3.05, 3.63) is 58.1 Å². The lowest BCUT2D eigenvalue weighted by molar-refractivity contribution is -0.122. The number of aryl methyl sites for hydroxylation is 1. The predicted octanol–water partition coefficient (Wildman–Crippen LogP) is 3.49. The van der Waals surface area contributed by atoms with Crippen LogP contribution in [0.4, 0.5) is 11.4 Å². The normalized spacial score (nSPS) is 10.2. The van der Waals surface area contributed by atoms with Gasteiger partial charge >= 0.3 is 5.97 Å². The molecule has 0 aliphatic rings. The van der Waals surface area contributed by atoms with E-state index in [9.17, 15) is 14.4 Å². The molecule has 0 bridgehead atoms. The molecule has 0 saturated carbocycles. The Balaban J connectivity index is 1.73. The second-order valence-corrected chi connectivity index (χ2v) is 7.27. The molecule has 154 valence electrons. The molecule has 29 heavy (non-hydrogen) atoms. The molecule has 0 aliphatic heterocycles. The highest BCUT2D eigenvalue weighted by molar-refractivity contribution is 9.10. The second kappa shape index (κ2) is 11.2. The van der Waals surface area contributed by atoms with Gasteiger partial charge in [-0.25, -0.2) is 4.79 Å². The van der Waals surface area contributed by atoms with Crippen molar-refractivity contribution in [3.8, 4) is 0 Å². The summed E-state index contributed by atoms with van der Waals surface area (Å²) in [6.07, 6.45) is 0.765. The molecule has 2 aromatic carbocycles. The van der Waals surface area contributed by atoms with Crippen LogP contribution < -0.4 is 16.0 Å². The lowest BCUT2D eigenvalue weighted by atomic mass is 10.2. The van der Waals surface area contributed by atoms with Crippen LogP contribution in [-0.2, 0) is 14.3 Å². The highest BCUT2D eigenvalue weighted by atomic mass is 79.9. The molecule has 2 rings (SSSR count). The predicted molar refractivity (Wildman–Crippen MR) is 116 cm³/mol. The minimum Gasteiger partial charge on any atom is -0.462 e. The number of rotatable bonds is 9. The first-order valence-corrected chi connectivity index (χ1v) is 10.0.